The Hall–Kier alpha value is -2.34. The van der Waals surface area contributed by atoms with E-state index in [4.69, 9.17) is 0 Å². The van der Waals surface area contributed by atoms with Crippen LogP contribution in [-0.2, 0) is 21.2 Å². The lowest BCUT2D eigenvalue weighted by molar-refractivity contribution is -0.120. The quantitative estimate of drug-likeness (QED) is 0.766. The molecule has 1 N–H and O–H groups in total. The molecule has 152 valence electrons. The third kappa shape index (κ3) is 5.13. The molecule has 0 aromatic heterocycles. The first-order chi connectivity index (χ1) is 13.0. The van der Waals surface area contributed by atoms with Crippen LogP contribution in [0.4, 0.5) is 5.69 Å². The van der Waals surface area contributed by atoms with Crippen molar-refractivity contribution < 1.29 is 13.2 Å². The Morgan fingerprint density at radius 3 is 2.29 bits per heavy atom. The number of hydrogen-bond donors (Lipinski definition) is 1. The Labute approximate surface area is 168 Å². The van der Waals surface area contributed by atoms with E-state index in [1.54, 1.807) is 12.1 Å². The van der Waals surface area contributed by atoms with E-state index in [2.05, 4.69) is 24.4 Å². The summed E-state index contributed by atoms with van der Waals surface area (Å²) in [7, 11) is -3.59. The average molecular weight is 403 g/mol. The zero-order valence-corrected chi connectivity index (χ0v) is 18.4. The van der Waals surface area contributed by atoms with Crippen LogP contribution >= 0.6 is 0 Å². The summed E-state index contributed by atoms with van der Waals surface area (Å²) in [5, 5.41) is 2.95. The molecule has 0 saturated carbocycles. The largest absolute Gasteiger partial charge is 0.348 e. The molecule has 1 unspecified atom stereocenters. The minimum Gasteiger partial charge on any atom is -0.348 e. The summed E-state index contributed by atoms with van der Waals surface area (Å²) in [4.78, 5) is 12.7. The SMILES string of the molecule is CCc1ccccc1N(CC(=O)NC(C)c1cc(C)c(C)cc1C)S(C)(=O)=O. The second kappa shape index (κ2) is 8.78. The lowest BCUT2D eigenvalue weighted by Gasteiger charge is -2.25. The number of sulfonamides is 1. The fourth-order valence-corrected chi connectivity index (χ4v) is 4.27. The topological polar surface area (TPSA) is 66.5 Å². The highest BCUT2D eigenvalue weighted by atomic mass is 32.2. The number of carbonyl (C=O) groups is 1. The van der Waals surface area contributed by atoms with Gasteiger partial charge < -0.3 is 5.32 Å². The molecule has 1 amide bonds. The summed E-state index contributed by atoms with van der Waals surface area (Å²) in [6, 6.07) is 11.2. The maximum atomic E-state index is 12.7. The van der Waals surface area contributed by atoms with E-state index >= 15 is 0 Å². The minimum atomic E-state index is -3.59. The molecule has 0 fully saturated rings. The van der Waals surface area contributed by atoms with Crippen LogP contribution in [0.25, 0.3) is 0 Å². The zero-order chi connectivity index (χ0) is 21.1. The third-order valence-corrected chi connectivity index (χ3v) is 6.18. The van der Waals surface area contributed by atoms with Gasteiger partial charge in [0.15, 0.2) is 0 Å². The van der Waals surface area contributed by atoms with Gasteiger partial charge in [0.2, 0.25) is 15.9 Å². The van der Waals surface area contributed by atoms with Crippen molar-refractivity contribution in [1.82, 2.24) is 5.32 Å². The smallest absolute Gasteiger partial charge is 0.241 e. The van der Waals surface area contributed by atoms with Gasteiger partial charge in [-0.2, -0.15) is 0 Å². The number of carbonyl (C=O) groups excluding carboxylic acids is 1. The molecule has 28 heavy (non-hydrogen) atoms. The number of benzene rings is 2. The highest BCUT2D eigenvalue weighted by Crippen LogP contribution is 2.24. The fourth-order valence-electron chi connectivity index (χ4n) is 3.38. The van der Waals surface area contributed by atoms with Crippen LogP contribution in [0.5, 0.6) is 0 Å². The number of nitrogens with one attached hydrogen (secondary N) is 1. The third-order valence-electron chi connectivity index (χ3n) is 5.06. The van der Waals surface area contributed by atoms with Gasteiger partial charge in [-0.25, -0.2) is 8.42 Å². The predicted octanol–water partition coefficient (Wildman–Crippen LogP) is 3.82. The number of amides is 1. The van der Waals surface area contributed by atoms with E-state index in [-0.39, 0.29) is 18.5 Å². The molecule has 0 saturated heterocycles. The molecule has 0 bridgehead atoms. The monoisotopic (exact) mass is 402 g/mol. The summed E-state index contributed by atoms with van der Waals surface area (Å²) in [6.45, 7) is 9.75. The van der Waals surface area contributed by atoms with Gasteiger partial charge in [-0.15, -0.1) is 0 Å². The normalized spacial score (nSPS) is 12.5. The van der Waals surface area contributed by atoms with Crippen molar-refractivity contribution in [3.05, 3.63) is 64.2 Å². The molecule has 0 aliphatic rings. The standard InChI is InChI=1S/C22H30N2O3S/c1-7-19-10-8-9-11-21(19)24(28(6,26)27)14-22(25)23-18(5)20-13-16(3)15(2)12-17(20)4/h8-13,18H,7,14H2,1-6H3,(H,23,25). The zero-order valence-electron chi connectivity index (χ0n) is 17.5. The second-order valence-electron chi connectivity index (χ2n) is 7.33. The van der Waals surface area contributed by atoms with Crippen LogP contribution in [0.2, 0.25) is 0 Å². The van der Waals surface area contributed by atoms with Gasteiger partial charge in [0, 0.05) is 0 Å². The van der Waals surface area contributed by atoms with Gasteiger partial charge in [0.05, 0.1) is 18.0 Å². The minimum absolute atomic E-state index is 0.213. The molecular formula is C22H30N2O3S. The van der Waals surface area contributed by atoms with Gasteiger partial charge in [-0.3, -0.25) is 9.10 Å². The predicted molar refractivity (Wildman–Crippen MR) is 115 cm³/mol. The maximum absolute atomic E-state index is 12.7. The van der Waals surface area contributed by atoms with E-state index in [9.17, 15) is 13.2 Å². The van der Waals surface area contributed by atoms with Crippen LogP contribution in [0, 0.1) is 20.8 Å². The Morgan fingerprint density at radius 1 is 1.07 bits per heavy atom. The number of nitrogens with zero attached hydrogens (tertiary/aromatic N) is 1. The van der Waals surface area contributed by atoms with Crippen molar-refractivity contribution in [2.75, 3.05) is 17.1 Å². The van der Waals surface area contributed by atoms with Crippen molar-refractivity contribution in [3.8, 4) is 0 Å². The molecule has 0 radical (unpaired) electrons. The van der Waals surface area contributed by atoms with Crippen LogP contribution in [0.15, 0.2) is 36.4 Å². The van der Waals surface area contributed by atoms with E-state index in [1.165, 1.54) is 9.87 Å². The molecule has 5 nitrogen and oxygen atoms in total. The van der Waals surface area contributed by atoms with Crippen LogP contribution in [-0.4, -0.2) is 27.1 Å². The van der Waals surface area contributed by atoms with Gasteiger partial charge in [0.1, 0.15) is 6.54 Å². The van der Waals surface area contributed by atoms with Gasteiger partial charge in [0.25, 0.3) is 0 Å². The Balaban J connectivity index is 2.24. The first-order valence-corrected chi connectivity index (χ1v) is 11.3. The number of para-hydroxylation sites is 1. The molecule has 0 aliphatic carbocycles. The first kappa shape index (κ1) is 22.0. The van der Waals surface area contributed by atoms with Crippen LogP contribution in [0.1, 0.15) is 47.7 Å². The molecular weight excluding hydrogens is 372 g/mol. The van der Waals surface area contributed by atoms with Crippen LogP contribution < -0.4 is 9.62 Å². The number of hydrogen-bond acceptors (Lipinski definition) is 3. The highest BCUT2D eigenvalue weighted by molar-refractivity contribution is 7.92. The van der Waals surface area contributed by atoms with Gasteiger partial charge in [-0.05, 0) is 68.0 Å². The summed E-state index contributed by atoms with van der Waals surface area (Å²) in [5.41, 5.74) is 5.95. The molecule has 2 rings (SSSR count). The number of anilines is 1. The van der Waals surface area contributed by atoms with E-state index in [0.717, 1.165) is 28.5 Å². The maximum Gasteiger partial charge on any atom is 0.241 e. The van der Waals surface area contributed by atoms with Crippen molar-refractivity contribution in [3.63, 3.8) is 0 Å². The molecule has 0 heterocycles. The highest BCUT2D eigenvalue weighted by Gasteiger charge is 2.24. The van der Waals surface area contributed by atoms with Crippen LogP contribution in [0.3, 0.4) is 0 Å². The van der Waals surface area contributed by atoms with Gasteiger partial charge >= 0.3 is 0 Å². The van der Waals surface area contributed by atoms with Crippen molar-refractivity contribution in [2.24, 2.45) is 0 Å². The molecule has 0 spiro atoms. The van der Waals surface area contributed by atoms with E-state index in [0.29, 0.717) is 12.1 Å². The molecule has 6 heteroatoms. The Morgan fingerprint density at radius 2 is 1.68 bits per heavy atom. The molecule has 2 aromatic rings. The average Bonchev–Trinajstić information content (AvgIpc) is 2.61. The summed E-state index contributed by atoms with van der Waals surface area (Å²) in [6.07, 6.45) is 1.81. The lowest BCUT2D eigenvalue weighted by Crippen LogP contribution is -2.41. The van der Waals surface area contributed by atoms with E-state index in [1.807, 2.05) is 39.8 Å². The van der Waals surface area contributed by atoms with Gasteiger partial charge in [-0.1, -0.05) is 37.3 Å². The molecule has 2 aromatic carbocycles. The Bertz CT molecular complexity index is 968. The van der Waals surface area contributed by atoms with Crippen molar-refractivity contribution in [1.29, 1.82) is 0 Å². The Kier molecular flexibility index (Phi) is 6.88. The summed E-state index contributed by atoms with van der Waals surface area (Å²) in [5.74, 6) is -0.332. The number of aryl methyl sites for hydroxylation is 4. The summed E-state index contributed by atoms with van der Waals surface area (Å²) < 4.78 is 25.9. The number of rotatable bonds is 7. The first-order valence-electron chi connectivity index (χ1n) is 9.47. The van der Waals surface area contributed by atoms with Crippen molar-refractivity contribution in [2.45, 2.75) is 47.1 Å². The summed E-state index contributed by atoms with van der Waals surface area (Å²) >= 11 is 0. The van der Waals surface area contributed by atoms with E-state index < -0.39 is 10.0 Å². The van der Waals surface area contributed by atoms with Crippen molar-refractivity contribution >= 4 is 21.6 Å². The lowest BCUT2D eigenvalue weighted by atomic mass is 9.96. The second-order valence-corrected chi connectivity index (χ2v) is 9.24. The molecule has 1 atom stereocenters. The molecule has 0 aliphatic heterocycles. The fraction of sp³-hybridized carbons (Fsp3) is 0.409.